The molecule has 0 aliphatic heterocycles. The maximum Gasteiger partial charge on any atom is 0.280 e. The number of thiophene rings is 1. The summed E-state index contributed by atoms with van der Waals surface area (Å²) in [6, 6.07) is 0.516. The lowest BCUT2D eigenvalue weighted by Gasteiger charge is -2.14. The first-order chi connectivity index (χ1) is 15.6. The molecule has 1 atom stereocenters. The van der Waals surface area contributed by atoms with Gasteiger partial charge in [0.15, 0.2) is 0 Å². The highest BCUT2D eigenvalue weighted by Crippen LogP contribution is 2.43. The Morgan fingerprint density at radius 1 is 1.27 bits per heavy atom. The fourth-order valence-electron chi connectivity index (χ4n) is 3.47. The number of carbonyl (C=O) groups is 2. The third kappa shape index (κ3) is 4.25. The molecule has 4 heterocycles. The zero-order valence-electron chi connectivity index (χ0n) is 17.6. The van der Waals surface area contributed by atoms with E-state index in [9.17, 15) is 18.4 Å². The Hall–Kier alpha value is -3.19. The minimum atomic E-state index is -2.83. The number of anilines is 1. The van der Waals surface area contributed by atoms with Gasteiger partial charge in [0.1, 0.15) is 21.4 Å². The lowest BCUT2D eigenvalue weighted by atomic mass is 10.0. The molecule has 2 amide bonds. The molecule has 4 aromatic rings. The molecule has 13 heteroatoms. The summed E-state index contributed by atoms with van der Waals surface area (Å²) in [5.74, 6) is -1.28. The van der Waals surface area contributed by atoms with E-state index in [2.05, 4.69) is 36.4 Å². The monoisotopic (exact) mass is 537 g/mol. The van der Waals surface area contributed by atoms with Crippen molar-refractivity contribution >= 4 is 55.0 Å². The molecule has 172 valence electrons. The summed E-state index contributed by atoms with van der Waals surface area (Å²) in [5.41, 5.74) is 6.77. The molecule has 33 heavy (non-hydrogen) atoms. The number of nitrogens with zero attached hydrogens (tertiary/aromatic N) is 5. The van der Waals surface area contributed by atoms with Gasteiger partial charge in [-0.15, -0.1) is 11.3 Å². The van der Waals surface area contributed by atoms with Gasteiger partial charge in [-0.1, -0.05) is 0 Å². The normalized spacial score (nSPS) is 12.5. The summed E-state index contributed by atoms with van der Waals surface area (Å²) in [6.45, 7) is 3.37. The topological polar surface area (TPSA) is 121 Å². The van der Waals surface area contributed by atoms with Crippen molar-refractivity contribution in [1.82, 2.24) is 24.5 Å². The summed E-state index contributed by atoms with van der Waals surface area (Å²) in [6.07, 6.45) is 2.01. The highest BCUT2D eigenvalue weighted by molar-refractivity contribution is 9.10. The Balaban J connectivity index is 1.92. The van der Waals surface area contributed by atoms with Gasteiger partial charge in [0.05, 0.1) is 22.1 Å². The maximum atomic E-state index is 13.6. The third-order valence-corrected chi connectivity index (χ3v) is 6.54. The van der Waals surface area contributed by atoms with Crippen molar-refractivity contribution in [2.75, 3.05) is 5.32 Å². The number of hydrogen-bond donors (Lipinski definition) is 2. The Bertz CT molecular complexity index is 1390. The fourth-order valence-corrected chi connectivity index (χ4v) is 4.79. The van der Waals surface area contributed by atoms with Gasteiger partial charge in [-0.05, 0) is 41.4 Å². The highest BCUT2D eigenvalue weighted by Gasteiger charge is 2.27. The number of primary amides is 1. The fraction of sp³-hybridized carbons (Fsp3) is 0.250. The number of aryl methyl sites for hydroxylation is 2. The molecule has 0 aliphatic carbocycles. The average molecular weight is 538 g/mol. The molecule has 1 unspecified atom stereocenters. The Morgan fingerprint density at radius 2 is 2.00 bits per heavy atom. The van der Waals surface area contributed by atoms with E-state index < -0.39 is 30.0 Å². The number of rotatable bonds is 6. The second-order valence-corrected chi connectivity index (χ2v) is 9.27. The second kappa shape index (κ2) is 8.63. The van der Waals surface area contributed by atoms with Crippen LogP contribution in [0.4, 0.5) is 14.5 Å². The van der Waals surface area contributed by atoms with E-state index in [0.29, 0.717) is 26.7 Å². The van der Waals surface area contributed by atoms with Crippen LogP contribution in [0.2, 0.25) is 0 Å². The van der Waals surface area contributed by atoms with Gasteiger partial charge in [0, 0.05) is 30.4 Å². The summed E-state index contributed by atoms with van der Waals surface area (Å²) in [4.78, 5) is 29.5. The predicted octanol–water partition coefficient (Wildman–Crippen LogP) is 4.20. The van der Waals surface area contributed by atoms with Crippen molar-refractivity contribution in [2.45, 2.75) is 26.3 Å². The molecule has 0 aliphatic rings. The Labute approximate surface area is 198 Å². The van der Waals surface area contributed by atoms with Crippen LogP contribution < -0.4 is 11.1 Å². The Morgan fingerprint density at radius 3 is 2.55 bits per heavy atom. The maximum absolute atomic E-state index is 13.6. The molecular formula is C20H18BrF2N7O2S. The molecule has 0 fully saturated rings. The molecule has 0 aromatic carbocycles. The average Bonchev–Trinajstić information content (AvgIpc) is 3.43. The third-order valence-electron chi connectivity index (χ3n) is 5.03. The Kier molecular flexibility index (Phi) is 6.01. The lowest BCUT2D eigenvalue weighted by molar-refractivity contribution is -0.119. The molecule has 9 nitrogen and oxygen atoms in total. The van der Waals surface area contributed by atoms with Crippen molar-refractivity contribution < 1.29 is 18.4 Å². The van der Waals surface area contributed by atoms with Crippen molar-refractivity contribution in [3.63, 3.8) is 0 Å². The van der Waals surface area contributed by atoms with Gasteiger partial charge in [0.2, 0.25) is 5.91 Å². The molecule has 0 radical (unpaired) electrons. The van der Waals surface area contributed by atoms with Gasteiger partial charge < -0.3 is 11.1 Å². The van der Waals surface area contributed by atoms with Gasteiger partial charge in [-0.3, -0.25) is 19.0 Å². The first kappa shape index (κ1) is 23.0. The molecule has 0 bridgehead atoms. The number of nitrogens with two attached hydrogens (primary N) is 1. The van der Waals surface area contributed by atoms with Crippen LogP contribution in [-0.2, 0) is 11.8 Å². The van der Waals surface area contributed by atoms with E-state index in [-0.39, 0.29) is 15.4 Å². The van der Waals surface area contributed by atoms with Crippen molar-refractivity contribution in [1.29, 1.82) is 0 Å². The molecule has 0 saturated heterocycles. The zero-order valence-corrected chi connectivity index (χ0v) is 20.0. The number of aromatic nitrogens is 5. The van der Waals surface area contributed by atoms with Crippen LogP contribution in [-0.4, -0.2) is 36.4 Å². The summed E-state index contributed by atoms with van der Waals surface area (Å²) in [5, 5.41) is 11.5. The van der Waals surface area contributed by atoms with Gasteiger partial charge in [-0.2, -0.15) is 10.2 Å². The van der Waals surface area contributed by atoms with E-state index >= 15 is 0 Å². The van der Waals surface area contributed by atoms with Crippen molar-refractivity contribution in [2.24, 2.45) is 12.8 Å². The van der Waals surface area contributed by atoms with Crippen molar-refractivity contribution in [3.8, 4) is 11.1 Å². The van der Waals surface area contributed by atoms with Gasteiger partial charge >= 0.3 is 0 Å². The van der Waals surface area contributed by atoms with Gasteiger partial charge in [0.25, 0.3) is 12.3 Å². The summed E-state index contributed by atoms with van der Waals surface area (Å²) < 4.78 is 30.9. The molecule has 4 aromatic heterocycles. The number of fused-ring (bicyclic) bond motifs is 1. The number of pyridine rings is 1. The number of nitrogens with one attached hydrogen (secondary N) is 1. The van der Waals surface area contributed by atoms with Crippen LogP contribution >= 0.6 is 27.3 Å². The van der Waals surface area contributed by atoms with Gasteiger partial charge in [-0.25, -0.2) is 13.8 Å². The predicted molar refractivity (Wildman–Crippen MR) is 123 cm³/mol. The van der Waals surface area contributed by atoms with E-state index in [1.807, 2.05) is 0 Å². The first-order valence-corrected chi connectivity index (χ1v) is 11.2. The number of halogens is 3. The van der Waals surface area contributed by atoms with Crippen LogP contribution in [0.25, 0.3) is 21.3 Å². The van der Waals surface area contributed by atoms with Crippen LogP contribution in [0.3, 0.4) is 0 Å². The molecular weight excluding hydrogens is 520 g/mol. The quantitative estimate of drug-likeness (QED) is 0.381. The standard InChI is InChI=1S/C20H18BrF2N7O2S/c1-8-12(7-29(3)28-8)11-4-13(17(22)23)26-20-14(11)15(16(33-20)18(24)31)27-19(32)9(2)30-6-10(21)5-25-30/h4-7,9,17H,1-3H3,(H2,24,31)(H,27,32). The lowest BCUT2D eigenvalue weighted by Crippen LogP contribution is -2.25. The minimum Gasteiger partial charge on any atom is -0.365 e. The number of alkyl halides is 2. The molecule has 3 N–H and O–H groups in total. The second-order valence-electron chi connectivity index (χ2n) is 7.35. The van der Waals surface area contributed by atoms with E-state index in [0.717, 1.165) is 11.3 Å². The number of amides is 2. The summed E-state index contributed by atoms with van der Waals surface area (Å²) >= 11 is 4.13. The highest BCUT2D eigenvalue weighted by atomic mass is 79.9. The van der Waals surface area contributed by atoms with E-state index in [1.165, 1.54) is 16.9 Å². The summed E-state index contributed by atoms with van der Waals surface area (Å²) in [7, 11) is 1.71. The van der Waals surface area contributed by atoms with Crippen LogP contribution in [0.1, 0.15) is 40.5 Å². The molecule has 0 spiro atoms. The van der Waals surface area contributed by atoms with E-state index in [4.69, 9.17) is 5.73 Å². The first-order valence-electron chi connectivity index (χ1n) is 9.63. The zero-order chi connectivity index (χ0) is 24.0. The SMILES string of the molecule is Cc1nn(C)cc1-c1cc(C(F)F)nc2sc(C(N)=O)c(NC(=O)C(C)n3cc(Br)cn3)c12. The van der Waals surface area contributed by atoms with Crippen molar-refractivity contribution in [3.05, 3.63) is 45.4 Å². The number of hydrogen-bond acceptors (Lipinski definition) is 6. The van der Waals surface area contributed by atoms with Crippen LogP contribution in [0, 0.1) is 6.92 Å². The number of carbonyl (C=O) groups excluding carboxylic acids is 2. The molecule has 0 saturated carbocycles. The minimum absolute atomic E-state index is 0.00825. The van der Waals surface area contributed by atoms with Crippen LogP contribution in [0.5, 0.6) is 0 Å². The molecule has 4 rings (SSSR count). The smallest absolute Gasteiger partial charge is 0.280 e. The van der Waals surface area contributed by atoms with Crippen LogP contribution in [0.15, 0.2) is 29.1 Å². The van der Waals surface area contributed by atoms with E-state index in [1.54, 1.807) is 38.0 Å². The largest absolute Gasteiger partial charge is 0.365 e.